The van der Waals surface area contributed by atoms with E-state index >= 15 is 0 Å². The Labute approximate surface area is 160 Å². The molecule has 0 saturated heterocycles. The molecular formula is C20H19N5O3. The summed E-state index contributed by atoms with van der Waals surface area (Å²) in [5.41, 5.74) is 3.57. The maximum Gasteiger partial charge on any atom is 0.268 e. The number of furan rings is 1. The van der Waals surface area contributed by atoms with E-state index in [1.807, 2.05) is 30.3 Å². The first-order valence-corrected chi connectivity index (χ1v) is 8.77. The summed E-state index contributed by atoms with van der Waals surface area (Å²) in [7, 11) is 1.77. The van der Waals surface area contributed by atoms with E-state index in [0.29, 0.717) is 23.5 Å². The van der Waals surface area contributed by atoms with Crippen LogP contribution in [0.5, 0.6) is 0 Å². The first kappa shape index (κ1) is 17.6. The fourth-order valence-corrected chi connectivity index (χ4v) is 3.01. The second-order valence-corrected chi connectivity index (χ2v) is 6.40. The van der Waals surface area contributed by atoms with Crippen molar-refractivity contribution in [1.82, 2.24) is 19.7 Å². The van der Waals surface area contributed by atoms with Crippen LogP contribution in [-0.4, -0.2) is 32.7 Å². The van der Waals surface area contributed by atoms with Gasteiger partial charge in [0.15, 0.2) is 5.58 Å². The molecule has 4 rings (SSSR count). The first-order chi connectivity index (χ1) is 13.6. The Morgan fingerprint density at radius 3 is 2.79 bits per heavy atom. The Hall–Kier alpha value is -3.81. The van der Waals surface area contributed by atoms with Gasteiger partial charge in [0.2, 0.25) is 5.91 Å². The van der Waals surface area contributed by atoms with E-state index in [1.54, 1.807) is 47.1 Å². The van der Waals surface area contributed by atoms with Crippen molar-refractivity contribution in [2.75, 3.05) is 11.9 Å². The Bertz CT molecular complexity index is 1120. The number of amides is 2. The van der Waals surface area contributed by atoms with Crippen molar-refractivity contribution < 1.29 is 14.0 Å². The molecule has 8 heteroatoms. The summed E-state index contributed by atoms with van der Waals surface area (Å²) in [4.78, 5) is 24.5. The highest BCUT2D eigenvalue weighted by Gasteiger charge is 2.16. The molecule has 0 aliphatic carbocycles. The summed E-state index contributed by atoms with van der Waals surface area (Å²) < 4.78 is 8.75. The molecule has 0 saturated carbocycles. The largest absolute Gasteiger partial charge is 0.463 e. The lowest BCUT2D eigenvalue weighted by molar-refractivity contribution is -0.115. The zero-order valence-electron chi connectivity index (χ0n) is 15.3. The van der Waals surface area contributed by atoms with Crippen molar-refractivity contribution in [2.45, 2.75) is 6.54 Å². The molecule has 142 valence electrons. The minimum Gasteiger partial charge on any atom is -0.463 e. The van der Waals surface area contributed by atoms with Crippen LogP contribution < -0.4 is 10.6 Å². The highest BCUT2D eigenvalue weighted by molar-refractivity contribution is 6.00. The molecule has 3 aromatic heterocycles. The van der Waals surface area contributed by atoms with Gasteiger partial charge in [-0.1, -0.05) is 30.3 Å². The number of hydrogen-bond donors (Lipinski definition) is 2. The summed E-state index contributed by atoms with van der Waals surface area (Å²) in [6.45, 7) is 0.470. The number of aromatic nitrogens is 3. The molecule has 0 aliphatic heterocycles. The smallest absolute Gasteiger partial charge is 0.268 e. The fraction of sp³-hybridized carbons (Fsp3) is 0.150. The van der Waals surface area contributed by atoms with E-state index < -0.39 is 0 Å². The van der Waals surface area contributed by atoms with E-state index in [2.05, 4.69) is 15.7 Å². The maximum absolute atomic E-state index is 12.3. The predicted molar refractivity (Wildman–Crippen MR) is 104 cm³/mol. The summed E-state index contributed by atoms with van der Waals surface area (Å²) in [5, 5.41) is 9.58. The second-order valence-electron chi connectivity index (χ2n) is 6.40. The molecule has 4 aromatic rings. The molecule has 0 bridgehead atoms. The quantitative estimate of drug-likeness (QED) is 0.539. The van der Waals surface area contributed by atoms with Gasteiger partial charge >= 0.3 is 0 Å². The van der Waals surface area contributed by atoms with Gasteiger partial charge in [0.05, 0.1) is 36.8 Å². The number of carbonyl (C=O) groups excluding carboxylic acids is 2. The Morgan fingerprint density at radius 2 is 2.00 bits per heavy atom. The van der Waals surface area contributed by atoms with Crippen LogP contribution >= 0.6 is 0 Å². The van der Waals surface area contributed by atoms with Crippen LogP contribution in [0.2, 0.25) is 0 Å². The summed E-state index contributed by atoms with van der Waals surface area (Å²) in [6, 6.07) is 13.3. The zero-order valence-corrected chi connectivity index (χ0v) is 15.3. The highest BCUT2D eigenvalue weighted by atomic mass is 16.3. The summed E-state index contributed by atoms with van der Waals surface area (Å²) in [5.74, 6) is -0.672. The predicted octanol–water partition coefficient (Wildman–Crippen LogP) is 2.38. The monoisotopic (exact) mass is 377 g/mol. The van der Waals surface area contributed by atoms with Crippen LogP contribution in [0.3, 0.4) is 0 Å². The van der Waals surface area contributed by atoms with E-state index in [9.17, 15) is 9.59 Å². The number of hydrogen-bond acceptors (Lipinski definition) is 4. The lowest BCUT2D eigenvalue weighted by atomic mass is 10.2. The lowest BCUT2D eigenvalue weighted by Crippen LogP contribution is -2.33. The van der Waals surface area contributed by atoms with Gasteiger partial charge in [0.25, 0.3) is 5.91 Å². The van der Waals surface area contributed by atoms with Crippen LogP contribution in [0.15, 0.2) is 65.5 Å². The van der Waals surface area contributed by atoms with Gasteiger partial charge in [-0.05, 0) is 5.56 Å². The maximum atomic E-state index is 12.3. The lowest BCUT2D eigenvalue weighted by Gasteiger charge is -2.06. The number of nitrogens with one attached hydrogen (secondary N) is 2. The van der Waals surface area contributed by atoms with E-state index in [4.69, 9.17) is 4.42 Å². The number of anilines is 1. The molecule has 2 N–H and O–H groups in total. The van der Waals surface area contributed by atoms with Crippen LogP contribution in [0.4, 0.5) is 5.69 Å². The molecule has 0 spiro atoms. The van der Waals surface area contributed by atoms with Crippen LogP contribution in [0.1, 0.15) is 16.1 Å². The highest BCUT2D eigenvalue weighted by Crippen LogP contribution is 2.19. The SMILES string of the molecule is Cn1c(C(=O)NCC(=O)Nc2cnn(Cc3ccccc3)c2)cc2occc21. The summed E-state index contributed by atoms with van der Waals surface area (Å²) >= 11 is 0. The average Bonchev–Trinajstić information content (AvgIpc) is 3.39. The van der Waals surface area contributed by atoms with Crippen molar-refractivity contribution in [2.24, 2.45) is 7.05 Å². The molecule has 2 amide bonds. The third-order valence-electron chi connectivity index (χ3n) is 4.41. The topological polar surface area (TPSA) is 94.1 Å². The van der Waals surface area contributed by atoms with Gasteiger partial charge in [-0.3, -0.25) is 14.3 Å². The molecule has 1 aromatic carbocycles. The van der Waals surface area contributed by atoms with E-state index in [-0.39, 0.29) is 18.4 Å². The van der Waals surface area contributed by atoms with Crippen molar-refractivity contribution in [3.8, 4) is 0 Å². The van der Waals surface area contributed by atoms with Crippen LogP contribution in [0, 0.1) is 0 Å². The van der Waals surface area contributed by atoms with Crippen molar-refractivity contribution in [3.05, 3.63) is 72.4 Å². The van der Waals surface area contributed by atoms with Gasteiger partial charge in [-0.15, -0.1) is 0 Å². The average molecular weight is 377 g/mol. The molecule has 3 heterocycles. The second kappa shape index (κ2) is 7.43. The normalized spacial score (nSPS) is 10.9. The molecular weight excluding hydrogens is 358 g/mol. The fourth-order valence-electron chi connectivity index (χ4n) is 3.01. The molecule has 0 aliphatic rings. The third kappa shape index (κ3) is 3.66. The minimum atomic E-state index is -0.344. The summed E-state index contributed by atoms with van der Waals surface area (Å²) in [6.07, 6.45) is 4.89. The molecule has 28 heavy (non-hydrogen) atoms. The van der Waals surface area contributed by atoms with Gasteiger partial charge in [-0.25, -0.2) is 0 Å². The zero-order chi connectivity index (χ0) is 19.5. The van der Waals surface area contributed by atoms with Crippen LogP contribution in [-0.2, 0) is 18.4 Å². The minimum absolute atomic E-state index is 0.144. The number of fused-ring (bicyclic) bond motifs is 1. The Morgan fingerprint density at radius 1 is 1.18 bits per heavy atom. The van der Waals surface area contributed by atoms with Crippen LogP contribution in [0.25, 0.3) is 11.1 Å². The number of benzene rings is 1. The molecule has 0 unspecified atom stereocenters. The first-order valence-electron chi connectivity index (χ1n) is 8.77. The third-order valence-corrected chi connectivity index (χ3v) is 4.41. The molecule has 8 nitrogen and oxygen atoms in total. The molecule has 0 fully saturated rings. The van der Waals surface area contributed by atoms with Gasteiger partial charge < -0.3 is 19.6 Å². The van der Waals surface area contributed by atoms with Crippen molar-refractivity contribution >= 4 is 28.6 Å². The Balaban J connectivity index is 1.31. The molecule has 0 radical (unpaired) electrons. The van der Waals surface area contributed by atoms with Crippen molar-refractivity contribution in [1.29, 1.82) is 0 Å². The standard InChI is InChI=1S/C20H19N5O3/c1-24-16-7-8-28-18(16)9-17(24)20(27)21-11-19(26)23-15-10-22-25(13-15)12-14-5-3-2-4-6-14/h2-10,13H,11-12H2,1H3,(H,21,27)(H,23,26). The van der Waals surface area contributed by atoms with E-state index in [0.717, 1.165) is 11.1 Å². The molecule has 0 atom stereocenters. The van der Waals surface area contributed by atoms with Gasteiger partial charge in [0.1, 0.15) is 5.69 Å². The Kier molecular flexibility index (Phi) is 4.67. The van der Waals surface area contributed by atoms with Gasteiger partial charge in [-0.2, -0.15) is 5.10 Å². The van der Waals surface area contributed by atoms with Gasteiger partial charge in [0, 0.05) is 25.4 Å². The number of rotatable bonds is 6. The number of aryl methyl sites for hydroxylation is 1. The van der Waals surface area contributed by atoms with E-state index in [1.165, 1.54) is 0 Å². The van der Waals surface area contributed by atoms with Crippen molar-refractivity contribution in [3.63, 3.8) is 0 Å². The number of nitrogens with zero attached hydrogens (tertiary/aromatic N) is 3. The number of carbonyl (C=O) groups is 2.